The minimum Gasteiger partial charge on any atom is -0.469 e. The maximum absolute atomic E-state index is 6.20. The first kappa shape index (κ1) is 14.6. The second kappa shape index (κ2) is 5.57. The van der Waals surface area contributed by atoms with E-state index in [1.165, 1.54) is 11.1 Å². The lowest BCUT2D eigenvalue weighted by atomic mass is 9.96. The van der Waals surface area contributed by atoms with Crippen molar-refractivity contribution in [3.63, 3.8) is 0 Å². The largest absolute Gasteiger partial charge is 0.469 e. The maximum atomic E-state index is 6.20. The fourth-order valence-corrected chi connectivity index (χ4v) is 3.50. The van der Waals surface area contributed by atoms with Gasteiger partial charge in [0, 0.05) is 23.4 Å². The Labute approximate surface area is 141 Å². The molecule has 0 aromatic heterocycles. The van der Waals surface area contributed by atoms with Gasteiger partial charge in [-0.25, -0.2) is 0 Å². The molecule has 0 aliphatic carbocycles. The van der Waals surface area contributed by atoms with E-state index in [4.69, 9.17) is 21.4 Å². The molecule has 2 aromatic rings. The molecule has 2 aliphatic heterocycles. The summed E-state index contributed by atoms with van der Waals surface area (Å²) in [5.41, 5.74) is 4.69. The summed E-state index contributed by atoms with van der Waals surface area (Å²) in [7, 11) is 0. The first-order valence-corrected chi connectivity index (χ1v) is 8.42. The highest BCUT2D eigenvalue weighted by molar-refractivity contribution is 6.30. The molecule has 23 heavy (non-hydrogen) atoms. The van der Waals surface area contributed by atoms with E-state index in [9.17, 15) is 0 Å². The minimum absolute atomic E-state index is 0.0170. The van der Waals surface area contributed by atoms with Gasteiger partial charge in [-0.05, 0) is 30.7 Å². The van der Waals surface area contributed by atoms with Crippen molar-refractivity contribution in [2.45, 2.75) is 39.0 Å². The van der Waals surface area contributed by atoms with Crippen LogP contribution in [-0.2, 0) is 0 Å². The maximum Gasteiger partial charge on any atom is 0.187 e. The van der Waals surface area contributed by atoms with Crippen LogP contribution in [0.15, 0.2) is 47.6 Å². The molecular formula is C19H19ClN2O. The number of hydrazone groups is 1. The standard InChI is InChI=1S/C19H19ClN2O/c1-3-19-22-17(15-10-14(20)8-9-18(15)23-19)11-16(21-22)13-6-4-12(2)5-7-13/h4-10,17,19H,3,11H2,1-2H3/t17-,19+/m1/s1. The second-order valence-corrected chi connectivity index (χ2v) is 6.61. The Balaban J connectivity index is 1.73. The molecule has 3 nitrogen and oxygen atoms in total. The summed E-state index contributed by atoms with van der Waals surface area (Å²) in [6.45, 7) is 4.23. The van der Waals surface area contributed by atoms with Crippen LogP contribution in [0.2, 0.25) is 5.02 Å². The quantitative estimate of drug-likeness (QED) is 0.781. The Hall–Kier alpha value is -2.00. The van der Waals surface area contributed by atoms with Crippen LogP contribution in [0.3, 0.4) is 0 Å². The Morgan fingerprint density at radius 3 is 2.74 bits per heavy atom. The zero-order valence-electron chi connectivity index (χ0n) is 13.3. The summed E-state index contributed by atoms with van der Waals surface area (Å²) in [6.07, 6.45) is 1.76. The highest BCUT2D eigenvalue weighted by Crippen LogP contribution is 2.44. The number of aryl methyl sites for hydroxylation is 1. The van der Waals surface area contributed by atoms with Crippen LogP contribution in [0.25, 0.3) is 0 Å². The zero-order valence-corrected chi connectivity index (χ0v) is 14.0. The van der Waals surface area contributed by atoms with E-state index in [-0.39, 0.29) is 12.3 Å². The van der Waals surface area contributed by atoms with Crippen LogP contribution in [0.4, 0.5) is 0 Å². The topological polar surface area (TPSA) is 24.8 Å². The van der Waals surface area contributed by atoms with Crippen LogP contribution >= 0.6 is 11.6 Å². The molecule has 0 N–H and O–H groups in total. The van der Waals surface area contributed by atoms with E-state index in [2.05, 4.69) is 43.1 Å². The zero-order chi connectivity index (χ0) is 16.0. The molecule has 2 aromatic carbocycles. The third-order valence-electron chi connectivity index (χ3n) is 4.57. The van der Waals surface area contributed by atoms with Crippen LogP contribution in [0, 0.1) is 6.92 Å². The number of hydrogen-bond acceptors (Lipinski definition) is 3. The molecule has 0 saturated heterocycles. The SMILES string of the molecule is CC[C@@H]1Oc2ccc(Cl)cc2[C@H]2CC(c3ccc(C)cc3)=NN12. The van der Waals surface area contributed by atoms with Gasteiger partial charge in [0.15, 0.2) is 6.23 Å². The molecule has 0 unspecified atom stereocenters. The van der Waals surface area contributed by atoms with Gasteiger partial charge in [-0.3, -0.25) is 5.01 Å². The van der Waals surface area contributed by atoms with Crippen LogP contribution < -0.4 is 4.74 Å². The third-order valence-corrected chi connectivity index (χ3v) is 4.80. The fourth-order valence-electron chi connectivity index (χ4n) is 3.32. The van der Waals surface area contributed by atoms with Crippen molar-refractivity contribution in [3.8, 4) is 5.75 Å². The van der Waals surface area contributed by atoms with Crippen LogP contribution in [-0.4, -0.2) is 16.9 Å². The Bertz CT molecular complexity index is 769. The predicted molar refractivity (Wildman–Crippen MR) is 93.1 cm³/mol. The highest BCUT2D eigenvalue weighted by atomic mass is 35.5. The summed E-state index contributed by atoms with van der Waals surface area (Å²) < 4.78 is 6.11. The van der Waals surface area contributed by atoms with Crippen molar-refractivity contribution in [2.75, 3.05) is 0 Å². The number of fused-ring (bicyclic) bond motifs is 3. The Kier molecular flexibility index (Phi) is 3.53. The number of nitrogens with zero attached hydrogens (tertiary/aromatic N) is 2. The molecular weight excluding hydrogens is 308 g/mol. The fraction of sp³-hybridized carbons (Fsp3) is 0.316. The van der Waals surface area contributed by atoms with Gasteiger partial charge in [-0.1, -0.05) is 48.4 Å². The van der Waals surface area contributed by atoms with E-state index in [1.54, 1.807) is 0 Å². The molecule has 0 radical (unpaired) electrons. The van der Waals surface area contributed by atoms with Gasteiger partial charge < -0.3 is 4.74 Å². The lowest BCUT2D eigenvalue weighted by Crippen LogP contribution is -2.39. The summed E-state index contributed by atoms with van der Waals surface area (Å²) in [4.78, 5) is 0. The van der Waals surface area contributed by atoms with E-state index in [0.717, 1.165) is 34.9 Å². The summed E-state index contributed by atoms with van der Waals surface area (Å²) >= 11 is 6.20. The third kappa shape index (κ3) is 2.49. The number of rotatable bonds is 2. The van der Waals surface area contributed by atoms with Crippen molar-refractivity contribution in [3.05, 3.63) is 64.2 Å². The molecule has 4 rings (SSSR count). The first-order valence-electron chi connectivity index (χ1n) is 8.04. The van der Waals surface area contributed by atoms with Gasteiger partial charge in [0.05, 0.1) is 11.8 Å². The molecule has 4 heteroatoms. The van der Waals surface area contributed by atoms with Gasteiger partial charge >= 0.3 is 0 Å². The Morgan fingerprint density at radius 1 is 1.22 bits per heavy atom. The number of halogens is 1. The molecule has 118 valence electrons. The number of ether oxygens (including phenoxy) is 1. The lowest BCUT2D eigenvalue weighted by molar-refractivity contribution is -0.0188. The van der Waals surface area contributed by atoms with Crippen LogP contribution in [0.5, 0.6) is 5.75 Å². The lowest BCUT2D eigenvalue weighted by Gasteiger charge is -2.37. The van der Waals surface area contributed by atoms with Gasteiger partial charge in [-0.2, -0.15) is 5.10 Å². The minimum atomic E-state index is -0.0170. The monoisotopic (exact) mass is 326 g/mol. The second-order valence-electron chi connectivity index (χ2n) is 6.18. The highest BCUT2D eigenvalue weighted by Gasteiger charge is 2.39. The van der Waals surface area contributed by atoms with Gasteiger partial charge in [0.1, 0.15) is 5.75 Å². The van der Waals surface area contributed by atoms with Crippen molar-refractivity contribution >= 4 is 17.3 Å². The molecule has 0 bridgehead atoms. The van der Waals surface area contributed by atoms with Gasteiger partial charge in [0.2, 0.25) is 0 Å². The van der Waals surface area contributed by atoms with Crippen LogP contribution in [0.1, 0.15) is 42.5 Å². The molecule has 2 atom stereocenters. The van der Waals surface area contributed by atoms with E-state index in [0.29, 0.717) is 0 Å². The van der Waals surface area contributed by atoms with Crippen molar-refractivity contribution in [1.82, 2.24) is 5.01 Å². The summed E-state index contributed by atoms with van der Waals surface area (Å²) in [5, 5.41) is 7.72. The summed E-state index contributed by atoms with van der Waals surface area (Å²) in [6, 6.07) is 14.6. The summed E-state index contributed by atoms with van der Waals surface area (Å²) in [5.74, 6) is 0.933. The number of hydrogen-bond donors (Lipinski definition) is 0. The van der Waals surface area contributed by atoms with Crippen molar-refractivity contribution in [1.29, 1.82) is 0 Å². The van der Waals surface area contributed by atoms with E-state index >= 15 is 0 Å². The molecule has 2 heterocycles. The average Bonchev–Trinajstić information content (AvgIpc) is 3.00. The smallest absolute Gasteiger partial charge is 0.187 e. The average molecular weight is 327 g/mol. The van der Waals surface area contributed by atoms with Crippen molar-refractivity contribution in [2.24, 2.45) is 5.10 Å². The van der Waals surface area contributed by atoms with Gasteiger partial charge in [-0.15, -0.1) is 0 Å². The molecule has 0 spiro atoms. The normalized spacial score (nSPS) is 22.2. The Morgan fingerprint density at radius 2 is 2.00 bits per heavy atom. The van der Waals surface area contributed by atoms with E-state index in [1.807, 2.05) is 18.2 Å². The predicted octanol–water partition coefficient (Wildman–Crippen LogP) is 4.93. The van der Waals surface area contributed by atoms with E-state index < -0.39 is 0 Å². The number of benzene rings is 2. The molecule has 2 aliphatic rings. The van der Waals surface area contributed by atoms with Crippen molar-refractivity contribution < 1.29 is 4.74 Å². The first-order chi connectivity index (χ1) is 11.2. The molecule has 0 amide bonds. The molecule has 0 saturated carbocycles. The van der Waals surface area contributed by atoms with Gasteiger partial charge in [0.25, 0.3) is 0 Å². The molecule has 0 fully saturated rings.